The molecule has 7 heteroatoms. The van der Waals surface area contributed by atoms with Gasteiger partial charge in [-0.05, 0) is 42.8 Å². The lowest BCUT2D eigenvalue weighted by molar-refractivity contribution is 0.401. The SMILES string of the molecule is COc1ccc(F)cc1S(=O)(=O)Nc1ccc(C)c(Cl)c1. The van der Waals surface area contributed by atoms with Crippen LogP contribution in [0.2, 0.25) is 5.02 Å². The summed E-state index contributed by atoms with van der Waals surface area (Å²) in [6.45, 7) is 1.80. The van der Waals surface area contributed by atoms with Crippen molar-refractivity contribution >= 4 is 27.3 Å². The number of hydrogen-bond donors (Lipinski definition) is 1. The summed E-state index contributed by atoms with van der Waals surface area (Å²) in [5.74, 6) is -0.611. The van der Waals surface area contributed by atoms with E-state index in [1.807, 2.05) is 0 Å². The second-order valence-electron chi connectivity index (χ2n) is 4.36. The number of halogens is 2. The molecule has 0 atom stereocenters. The fraction of sp³-hybridized carbons (Fsp3) is 0.143. The highest BCUT2D eigenvalue weighted by Crippen LogP contribution is 2.28. The predicted octanol–water partition coefficient (Wildman–Crippen LogP) is 3.60. The molecule has 0 radical (unpaired) electrons. The summed E-state index contributed by atoms with van der Waals surface area (Å²) >= 11 is 5.95. The minimum atomic E-state index is -3.98. The molecule has 0 saturated carbocycles. The molecular weight excluding hydrogens is 317 g/mol. The van der Waals surface area contributed by atoms with Gasteiger partial charge in [0.25, 0.3) is 10.0 Å². The third-order valence-electron chi connectivity index (χ3n) is 2.84. The lowest BCUT2D eigenvalue weighted by Gasteiger charge is -2.12. The molecule has 0 spiro atoms. The van der Waals surface area contributed by atoms with E-state index in [0.29, 0.717) is 5.02 Å². The highest BCUT2D eigenvalue weighted by Gasteiger charge is 2.20. The van der Waals surface area contributed by atoms with E-state index in [0.717, 1.165) is 17.7 Å². The Morgan fingerprint density at radius 2 is 1.90 bits per heavy atom. The average Bonchev–Trinajstić information content (AvgIpc) is 2.42. The van der Waals surface area contributed by atoms with Crippen molar-refractivity contribution in [3.8, 4) is 5.75 Å². The van der Waals surface area contributed by atoms with Gasteiger partial charge in [0.2, 0.25) is 0 Å². The van der Waals surface area contributed by atoms with Crippen molar-refractivity contribution in [2.75, 3.05) is 11.8 Å². The van der Waals surface area contributed by atoms with E-state index >= 15 is 0 Å². The molecule has 2 aromatic rings. The predicted molar refractivity (Wildman–Crippen MR) is 79.9 cm³/mol. The van der Waals surface area contributed by atoms with E-state index in [2.05, 4.69) is 4.72 Å². The highest BCUT2D eigenvalue weighted by molar-refractivity contribution is 7.92. The first-order valence-corrected chi connectivity index (χ1v) is 7.82. The second-order valence-corrected chi connectivity index (χ2v) is 6.42. The summed E-state index contributed by atoms with van der Waals surface area (Å²) in [6, 6.07) is 8.03. The Kier molecular flexibility index (Phi) is 4.39. The van der Waals surface area contributed by atoms with Crippen molar-refractivity contribution in [1.29, 1.82) is 0 Å². The summed E-state index contributed by atoms with van der Waals surface area (Å²) in [5, 5.41) is 0.432. The number of anilines is 1. The molecule has 2 rings (SSSR count). The van der Waals surface area contributed by atoms with Crippen LogP contribution in [-0.2, 0) is 10.0 Å². The van der Waals surface area contributed by atoms with Crippen LogP contribution in [0.25, 0.3) is 0 Å². The van der Waals surface area contributed by atoms with Crippen LogP contribution in [-0.4, -0.2) is 15.5 Å². The summed E-state index contributed by atoms with van der Waals surface area (Å²) in [4.78, 5) is -0.276. The summed E-state index contributed by atoms with van der Waals surface area (Å²) < 4.78 is 45.3. The Morgan fingerprint density at radius 1 is 1.19 bits per heavy atom. The molecule has 21 heavy (non-hydrogen) atoms. The Hall–Kier alpha value is -1.79. The second kappa shape index (κ2) is 5.91. The molecule has 112 valence electrons. The normalized spacial score (nSPS) is 11.2. The van der Waals surface area contributed by atoms with Crippen molar-refractivity contribution in [2.45, 2.75) is 11.8 Å². The average molecular weight is 330 g/mol. The van der Waals surface area contributed by atoms with E-state index in [1.165, 1.54) is 19.2 Å². The first-order valence-electron chi connectivity index (χ1n) is 5.96. The number of rotatable bonds is 4. The van der Waals surface area contributed by atoms with Gasteiger partial charge in [0, 0.05) is 5.02 Å². The van der Waals surface area contributed by atoms with Gasteiger partial charge >= 0.3 is 0 Å². The molecule has 4 nitrogen and oxygen atoms in total. The van der Waals surface area contributed by atoms with Crippen molar-refractivity contribution in [2.24, 2.45) is 0 Å². The monoisotopic (exact) mass is 329 g/mol. The molecule has 0 fully saturated rings. The topological polar surface area (TPSA) is 55.4 Å². The highest BCUT2D eigenvalue weighted by atomic mass is 35.5. The molecule has 0 amide bonds. The summed E-state index contributed by atoms with van der Waals surface area (Å²) in [5.41, 5.74) is 1.11. The maximum atomic E-state index is 13.3. The quantitative estimate of drug-likeness (QED) is 0.932. The largest absolute Gasteiger partial charge is 0.495 e. The van der Waals surface area contributed by atoms with Gasteiger partial charge in [-0.1, -0.05) is 17.7 Å². The standard InChI is InChI=1S/C14H13ClFNO3S/c1-9-3-5-11(8-12(9)15)17-21(18,19)14-7-10(16)4-6-13(14)20-2/h3-8,17H,1-2H3. The fourth-order valence-corrected chi connectivity index (χ4v) is 3.14. The van der Waals surface area contributed by atoms with Crippen LogP contribution >= 0.6 is 11.6 Å². The smallest absolute Gasteiger partial charge is 0.265 e. The number of hydrogen-bond acceptors (Lipinski definition) is 3. The van der Waals surface area contributed by atoms with Crippen LogP contribution in [0.1, 0.15) is 5.56 Å². The van der Waals surface area contributed by atoms with Gasteiger partial charge in [-0.25, -0.2) is 12.8 Å². The minimum absolute atomic E-state index is 0.0575. The molecule has 0 heterocycles. The molecule has 2 aromatic carbocycles. The number of sulfonamides is 1. The molecule has 0 aliphatic rings. The third kappa shape index (κ3) is 3.46. The maximum Gasteiger partial charge on any atom is 0.265 e. The van der Waals surface area contributed by atoms with E-state index in [-0.39, 0.29) is 16.3 Å². The number of benzene rings is 2. The van der Waals surface area contributed by atoms with Gasteiger partial charge in [0.15, 0.2) is 0 Å². The molecule has 0 saturated heterocycles. The van der Waals surface area contributed by atoms with E-state index < -0.39 is 15.8 Å². The number of nitrogens with one attached hydrogen (secondary N) is 1. The fourth-order valence-electron chi connectivity index (χ4n) is 1.73. The van der Waals surface area contributed by atoms with Crippen molar-refractivity contribution in [3.63, 3.8) is 0 Å². The molecular formula is C14H13ClFNO3S. The Labute approximate surface area is 127 Å². The third-order valence-corrected chi connectivity index (χ3v) is 4.65. The van der Waals surface area contributed by atoms with Crippen LogP contribution < -0.4 is 9.46 Å². The van der Waals surface area contributed by atoms with Crippen LogP contribution in [0.3, 0.4) is 0 Å². The molecule has 0 aliphatic heterocycles. The van der Waals surface area contributed by atoms with Crippen molar-refractivity contribution in [3.05, 3.63) is 52.8 Å². The molecule has 0 aromatic heterocycles. The van der Waals surface area contributed by atoms with E-state index in [1.54, 1.807) is 19.1 Å². The summed E-state index contributed by atoms with van der Waals surface area (Å²) in [6.07, 6.45) is 0. The van der Waals surface area contributed by atoms with Gasteiger partial charge in [-0.2, -0.15) is 0 Å². The van der Waals surface area contributed by atoms with Crippen LogP contribution in [0.15, 0.2) is 41.3 Å². The molecule has 0 unspecified atom stereocenters. The van der Waals surface area contributed by atoms with Crippen LogP contribution in [0.4, 0.5) is 10.1 Å². The minimum Gasteiger partial charge on any atom is -0.495 e. The number of aryl methyl sites for hydroxylation is 1. The zero-order valence-corrected chi connectivity index (χ0v) is 12.9. The zero-order chi connectivity index (χ0) is 15.6. The first kappa shape index (κ1) is 15.6. The van der Waals surface area contributed by atoms with Gasteiger partial charge in [0.05, 0.1) is 12.8 Å². The number of ether oxygens (including phenoxy) is 1. The van der Waals surface area contributed by atoms with E-state index in [4.69, 9.17) is 16.3 Å². The zero-order valence-electron chi connectivity index (χ0n) is 11.4. The maximum absolute atomic E-state index is 13.3. The van der Waals surface area contributed by atoms with Crippen LogP contribution in [0.5, 0.6) is 5.75 Å². The van der Waals surface area contributed by atoms with Crippen molar-refractivity contribution < 1.29 is 17.5 Å². The first-order chi connectivity index (χ1) is 9.83. The Balaban J connectivity index is 2.42. The van der Waals surface area contributed by atoms with Gasteiger partial charge in [-0.3, -0.25) is 4.72 Å². The van der Waals surface area contributed by atoms with Crippen molar-refractivity contribution in [1.82, 2.24) is 0 Å². The van der Waals surface area contributed by atoms with Crippen LogP contribution in [0, 0.1) is 12.7 Å². The van der Waals surface area contributed by atoms with E-state index in [9.17, 15) is 12.8 Å². The lowest BCUT2D eigenvalue weighted by atomic mass is 10.2. The molecule has 1 N–H and O–H groups in total. The Bertz CT molecular complexity index is 778. The van der Waals surface area contributed by atoms with Gasteiger partial charge < -0.3 is 4.74 Å². The lowest BCUT2D eigenvalue weighted by Crippen LogP contribution is -2.14. The van der Waals surface area contributed by atoms with Gasteiger partial charge in [-0.15, -0.1) is 0 Å². The molecule has 0 aliphatic carbocycles. The Morgan fingerprint density at radius 3 is 2.52 bits per heavy atom. The molecule has 0 bridgehead atoms. The van der Waals surface area contributed by atoms with Gasteiger partial charge in [0.1, 0.15) is 16.5 Å². The number of methoxy groups -OCH3 is 1. The summed E-state index contributed by atoms with van der Waals surface area (Å²) in [7, 11) is -2.67.